The van der Waals surface area contributed by atoms with Crippen molar-refractivity contribution in [1.29, 1.82) is 0 Å². The number of para-hydroxylation sites is 1. The lowest BCUT2D eigenvalue weighted by Gasteiger charge is -2.36. The Bertz CT molecular complexity index is 1490. The standard InChI is InChI=1S/C34H37NO10/c1-22(35(21-29(37)38)28(36)20-34(32(41)42)30(31(39)40)44-33(2,3)45-34)27(19-14-23-10-6-4-7-11-23)24-15-17-26(18-16-24)43-25-12-8-5-9-13-25/h4-13,15-18,22,27,30H,14,19-21H2,1-3H3,(H,37,38)(H,39,40)(H,41,42). The Kier molecular flexibility index (Phi) is 10.3. The minimum atomic E-state index is -2.57. The molecule has 0 bridgehead atoms. The zero-order chi connectivity index (χ0) is 32.8. The lowest BCUT2D eigenvalue weighted by Crippen LogP contribution is -2.56. The van der Waals surface area contributed by atoms with Crippen molar-refractivity contribution in [2.75, 3.05) is 6.54 Å². The predicted molar refractivity (Wildman–Crippen MR) is 162 cm³/mol. The minimum absolute atomic E-state index is 0.396. The number of carbonyl (C=O) groups is 4. The molecule has 1 amide bonds. The van der Waals surface area contributed by atoms with Gasteiger partial charge in [-0.1, -0.05) is 60.7 Å². The number of aliphatic carboxylic acids is 3. The van der Waals surface area contributed by atoms with Crippen LogP contribution in [0.5, 0.6) is 11.5 Å². The Balaban J connectivity index is 1.66. The van der Waals surface area contributed by atoms with E-state index in [1.165, 1.54) is 13.8 Å². The molecule has 1 aliphatic heterocycles. The maximum Gasteiger partial charge on any atom is 0.340 e. The van der Waals surface area contributed by atoms with Crippen molar-refractivity contribution in [3.8, 4) is 11.5 Å². The number of nitrogens with zero attached hydrogens (tertiary/aromatic N) is 1. The van der Waals surface area contributed by atoms with Gasteiger partial charge in [-0.3, -0.25) is 9.59 Å². The van der Waals surface area contributed by atoms with E-state index in [1.807, 2.05) is 72.8 Å². The summed E-state index contributed by atoms with van der Waals surface area (Å²) >= 11 is 0. The summed E-state index contributed by atoms with van der Waals surface area (Å²) in [5, 5.41) is 29.7. The topological polar surface area (TPSA) is 160 Å². The molecular weight excluding hydrogens is 582 g/mol. The van der Waals surface area contributed by atoms with Crippen LogP contribution in [0.2, 0.25) is 0 Å². The molecule has 4 rings (SSSR count). The molecule has 45 heavy (non-hydrogen) atoms. The molecule has 3 aromatic carbocycles. The van der Waals surface area contributed by atoms with Crippen LogP contribution in [0.1, 0.15) is 50.7 Å². The molecule has 1 saturated heterocycles. The molecule has 0 spiro atoms. The molecule has 3 aromatic rings. The molecule has 238 valence electrons. The smallest absolute Gasteiger partial charge is 0.340 e. The number of carbonyl (C=O) groups excluding carboxylic acids is 1. The molecule has 11 nitrogen and oxygen atoms in total. The fraction of sp³-hybridized carbons (Fsp3) is 0.353. The highest BCUT2D eigenvalue weighted by atomic mass is 16.8. The Morgan fingerprint density at radius 2 is 1.44 bits per heavy atom. The Morgan fingerprint density at radius 1 is 0.867 bits per heavy atom. The first-order valence-electron chi connectivity index (χ1n) is 14.5. The summed E-state index contributed by atoms with van der Waals surface area (Å²) in [4.78, 5) is 51.5. The zero-order valence-corrected chi connectivity index (χ0v) is 25.3. The van der Waals surface area contributed by atoms with E-state index in [2.05, 4.69) is 0 Å². The summed E-state index contributed by atoms with van der Waals surface area (Å²) < 4.78 is 16.9. The average molecular weight is 620 g/mol. The molecule has 4 unspecified atom stereocenters. The predicted octanol–water partition coefficient (Wildman–Crippen LogP) is 4.95. The van der Waals surface area contributed by atoms with Crippen LogP contribution < -0.4 is 4.74 Å². The van der Waals surface area contributed by atoms with E-state index < -0.39 is 66.2 Å². The summed E-state index contributed by atoms with van der Waals surface area (Å²) in [5.41, 5.74) is -0.721. The van der Waals surface area contributed by atoms with Gasteiger partial charge in [-0.25, -0.2) is 9.59 Å². The minimum Gasteiger partial charge on any atom is -0.480 e. The molecule has 1 heterocycles. The lowest BCUT2D eigenvalue weighted by molar-refractivity contribution is -0.189. The van der Waals surface area contributed by atoms with Crippen LogP contribution in [0.15, 0.2) is 84.9 Å². The fourth-order valence-electron chi connectivity index (χ4n) is 5.71. The molecule has 0 saturated carbocycles. The van der Waals surface area contributed by atoms with Gasteiger partial charge in [0, 0.05) is 12.0 Å². The summed E-state index contributed by atoms with van der Waals surface area (Å²) in [5.74, 6) is -6.30. The van der Waals surface area contributed by atoms with E-state index >= 15 is 0 Å². The van der Waals surface area contributed by atoms with Gasteiger partial charge in [-0.2, -0.15) is 0 Å². The van der Waals surface area contributed by atoms with Crippen LogP contribution in [0.4, 0.5) is 0 Å². The third-order valence-corrected chi connectivity index (χ3v) is 7.83. The van der Waals surface area contributed by atoms with Gasteiger partial charge in [0.05, 0.1) is 6.42 Å². The summed E-state index contributed by atoms with van der Waals surface area (Å²) in [6, 6.07) is 25.5. The van der Waals surface area contributed by atoms with Crippen molar-refractivity contribution in [2.45, 2.75) is 69.5 Å². The Morgan fingerprint density at radius 3 is 2.00 bits per heavy atom. The van der Waals surface area contributed by atoms with Gasteiger partial charge in [-0.05, 0) is 69.0 Å². The first-order valence-corrected chi connectivity index (χ1v) is 14.5. The number of carboxylic acid groups (broad SMARTS) is 3. The van der Waals surface area contributed by atoms with Crippen molar-refractivity contribution < 1.29 is 48.7 Å². The zero-order valence-electron chi connectivity index (χ0n) is 25.3. The molecule has 3 N–H and O–H groups in total. The lowest BCUT2D eigenvalue weighted by atomic mass is 9.85. The van der Waals surface area contributed by atoms with Gasteiger partial charge in [0.25, 0.3) is 0 Å². The number of carboxylic acids is 3. The van der Waals surface area contributed by atoms with Gasteiger partial charge < -0.3 is 34.4 Å². The van der Waals surface area contributed by atoms with E-state index in [0.717, 1.165) is 16.0 Å². The van der Waals surface area contributed by atoms with Crippen LogP contribution in [0.25, 0.3) is 0 Å². The maximum atomic E-state index is 13.9. The quantitative estimate of drug-likeness (QED) is 0.225. The van der Waals surface area contributed by atoms with E-state index in [1.54, 1.807) is 19.1 Å². The molecule has 0 aromatic heterocycles. The molecule has 0 radical (unpaired) electrons. The second kappa shape index (κ2) is 13.9. The summed E-state index contributed by atoms with van der Waals surface area (Å²) in [6.07, 6.45) is -1.82. The van der Waals surface area contributed by atoms with Crippen molar-refractivity contribution in [1.82, 2.24) is 4.90 Å². The summed E-state index contributed by atoms with van der Waals surface area (Å²) in [7, 11) is 0. The molecule has 4 atom stereocenters. The fourth-order valence-corrected chi connectivity index (χ4v) is 5.71. The number of amides is 1. The van der Waals surface area contributed by atoms with Crippen LogP contribution >= 0.6 is 0 Å². The maximum absolute atomic E-state index is 13.9. The average Bonchev–Trinajstić information content (AvgIpc) is 3.29. The molecular formula is C34H37NO10. The highest BCUT2D eigenvalue weighted by Gasteiger charge is 2.63. The highest BCUT2D eigenvalue weighted by molar-refractivity contribution is 5.94. The second-order valence-electron chi connectivity index (χ2n) is 11.5. The first-order chi connectivity index (χ1) is 21.3. The molecule has 11 heteroatoms. The Labute approximate surface area is 261 Å². The van der Waals surface area contributed by atoms with Crippen LogP contribution in [0.3, 0.4) is 0 Å². The number of aryl methyl sites for hydroxylation is 1. The molecule has 1 aliphatic rings. The van der Waals surface area contributed by atoms with Crippen LogP contribution in [0, 0.1) is 0 Å². The number of benzene rings is 3. The number of ether oxygens (including phenoxy) is 3. The first kappa shape index (κ1) is 33.2. The van der Waals surface area contributed by atoms with Gasteiger partial charge in [-0.15, -0.1) is 0 Å². The van der Waals surface area contributed by atoms with Gasteiger partial charge >= 0.3 is 17.9 Å². The van der Waals surface area contributed by atoms with Crippen molar-refractivity contribution in [3.05, 3.63) is 96.1 Å². The van der Waals surface area contributed by atoms with E-state index in [0.29, 0.717) is 24.3 Å². The van der Waals surface area contributed by atoms with Crippen molar-refractivity contribution in [2.24, 2.45) is 0 Å². The number of hydrogen-bond acceptors (Lipinski definition) is 7. The normalized spacial score (nSPS) is 20.1. The van der Waals surface area contributed by atoms with Crippen LogP contribution in [-0.2, 0) is 35.1 Å². The monoisotopic (exact) mass is 619 g/mol. The van der Waals surface area contributed by atoms with Gasteiger partial charge in [0.15, 0.2) is 11.9 Å². The van der Waals surface area contributed by atoms with Gasteiger partial charge in [0.1, 0.15) is 18.0 Å². The van der Waals surface area contributed by atoms with E-state index in [-0.39, 0.29) is 0 Å². The number of hydrogen-bond donors (Lipinski definition) is 3. The highest BCUT2D eigenvalue weighted by Crippen LogP contribution is 2.41. The SMILES string of the molecule is CC(C(CCc1ccccc1)c1ccc(Oc2ccccc2)cc1)N(CC(=O)O)C(=O)CC1(C(=O)O)OC(C)(C)OC1C(=O)O. The number of rotatable bonds is 14. The van der Waals surface area contributed by atoms with Crippen LogP contribution in [-0.4, -0.2) is 74.1 Å². The summed E-state index contributed by atoms with van der Waals surface area (Å²) in [6.45, 7) is 3.65. The second-order valence-corrected chi connectivity index (χ2v) is 11.5. The Hall–Kier alpha value is -4.74. The van der Waals surface area contributed by atoms with Crippen molar-refractivity contribution >= 4 is 23.8 Å². The molecule has 0 aliphatic carbocycles. The van der Waals surface area contributed by atoms with E-state index in [9.17, 15) is 34.5 Å². The van der Waals surface area contributed by atoms with Crippen molar-refractivity contribution in [3.63, 3.8) is 0 Å². The molecule has 1 fully saturated rings. The van der Waals surface area contributed by atoms with Gasteiger partial charge in [0.2, 0.25) is 11.5 Å². The third-order valence-electron chi connectivity index (χ3n) is 7.83. The largest absolute Gasteiger partial charge is 0.480 e. The van der Waals surface area contributed by atoms with E-state index in [4.69, 9.17) is 14.2 Å². The third kappa shape index (κ3) is 8.05.